The predicted molar refractivity (Wildman–Crippen MR) is 70.8 cm³/mol. The molecule has 0 radical (unpaired) electrons. The van der Waals surface area contributed by atoms with E-state index in [4.69, 9.17) is 0 Å². The standard InChI is InChI=1S/C10H20N2O3S2/c1-3-4-11-7-9(13)12-5-6-16-8-10(12)17(2,14)15/h10-11H,3-8H2,1-2H3. The lowest BCUT2D eigenvalue weighted by Crippen LogP contribution is -2.52. The molecule has 1 rings (SSSR count). The van der Waals surface area contributed by atoms with Crippen LogP contribution in [-0.4, -0.2) is 62.0 Å². The summed E-state index contributed by atoms with van der Waals surface area (Å²) < 4.78 is 23.2. The number of nitrogens with zero attached hydrogens (tertiary/aromatic N) is 1. The van der Waals surface area contributed by atoms with E-state index in [9.17, 15) is 13.2 Å². The maximum atomic E-state index is 11.9. The maximum Gasteiger partial charge on any atom is 0.237 e. The number of hydrogen-bond acceptors (Lipinski definition) is 5. The van der Waals surface area contributed by atoms with E-state index in [-0.39, 0.29) is 12.5 Å². The van der Waals surface area contributed by atoms with E-state index in [2.05, 4.69) is 5.32 Å². The molecule has 0 aromatic heterocycles. The van der Waals surface area contributed by atoms with Gasteiger partial charge in [-0.3, -0.25) is 4.79 Å². The third kappa shape index (κ3) is 4.48. The summed E-state index contributed by atoms with van der Waals surface area (Å²) >= 11 is 1.59. The van der Waals surface area contributed by atoms with Crippen LogP contribution in [0, 0.1) is 0 Å². The monoisotopic (exact) mass is 280 g/mol. The third-order valence-electron chi connectivity index (χ3n) is 2.60. The highest BCUT2D eigenvalue weighted by atomic mass is 32.2. The van der Waals surface area contributed by atoms with Gasteiger partial charge in [-0.2, -0.15) is 11.8 Å². The molecule has 1 saturated heterocycles. The summed E-state index contributed by atoms with van der Waals surface area (Å²) in [5.74, 6) is 1.18. The highest BCUT2D eigenvalue weighted by Gasteiger charge is 2.33. The number of nitrogens with one attached hydrogen (secondary N) is 1. The van der Waals surface area contributed by atoms with E-state index in [0.29, 0.717) is 12.3 Å². The molecule has 7 heteroatoms. The number of carbonyl (C=O) groups excluding carboxylic acids is 1. The Morgan fingerprint density at radius 3 is 2.82 bits per heavy atom. The summed E-state index contributed by atoms with van der Waals surface area (Å²) in [6, 6.07) is 0. The number of thioether (sulfide) groups is 1. The molecule has 1 amide bonds. The molecular weight excluding hydrogens is 260 g/mol. The molecule has 17 heavy (non-hydrogen) atoms. The molecule has 1 unspecified atom stereocenters. The molecule has 0 aromatic rings. The summed E-state index contributed by atoms with van der Waals surface area (Å²) in [5, 5.41) is 2.36. The quantitative estimate of drug-likeness (QED) is 0.714. The summed E-state index contributed by atoms with van der Waals surface area (Å²) in [7, 11) is -3.19. The largest absolute Gasteiger partial charge is 0.323 e. The lowest BCUT2D eigenvalue weighted by Gasteiger charge is -2.34. The van der Waals surface area contributed by atoms with Crippen molar-refractivity contribution in [3.8, 4) is 0 Å². The Kier molecular flexibility index (Phi) is 5.75. The van der Waals surface area contributed by atoms with Gasteiger partial charge >= 0.3 is 0 Å². The lowest BCUT2D eigenvalue weighted by molar-refractivity contribution is -0.130. The van der Waals surface area contributed by atoms with Crippen molar-refractivity contribution in [1.29, 1.82) is 0 Å². The number of rotatable bonds is 5. The van der Waals surface area contributed by atoms with Gasteiger partial charge in [-0.25, -0.2) is 8.42 Å². The van der Waals surface area contributed by atoms with Gasteiger partial charge in [0.1, 0.15) is 5.37 Å². The molecule has 5 nitrogen and oxygen atoms in total. The summed E-state index contributed by atoms with van der Waals surface area (Å²) in [6.45, 7) is 3.55. The van der Waals surface area contributed by atoms with E-state index in [1.807, 2.05) is 6.92 Å². The fourth-order valence-corrected chi connectivity index (χ4v) is 4.53. The molecule has 1 N–H and O–H groups in total. The molecule has 1 fully saturated rings. The van der Waals surface area contributed by atoms with E-state index in [0.717, 1.165) is 18.7 Å². The average Bonchev–Trinajstić information content (AvgIpc) is 2.28. The molecule has 1 atom stereocenters. The Labute approximate surface area is 107 Å². The molecule has 0 aliphatic carbocycles. The number of hydrogen-bond donors (Lipinski definition) is 1. The summed E-state index contributed by atoms with van der Waals surface area (Å²) in [6.07, 6.45) is 2.15. The zero-order valence-electron chi connectivity index (χ0n) is 10.3. The fourth-order valence-electron chi connectivity index (χ4n) is 1.69. The lowest BCUT2D eigenvalue weighted by atomic mass is 10.4. The first-order valence-electron chi connectivity index (χ1n) is 5.73. The Balaban J connectivity index is 2.62. The molecule has 1 aliphatic heterocycles. The molecule has 0 saturated carbocycles. The van der Waals surface area contributed by atoms with E-state index < -0.39 is 15.2 Å². The summed E-state index contributed by atoms with van der Waals surface area (Å²) in [5.41, 5.74) is 0. The Bertz CT molecular complexity index is 357. The zero-order valence-corrected chi connectivity index (χ0v) is 11.9. The van der Waals surface area contributed by atoms with Crippen LogP contribution in [0.15, 0.2) is 0 Å². The van der Waals surface area contributed by atoms with Crippen molar-refractivity contribution in [1.82, 2.24) is 10.2 Å². The fraction of sp³-hybridized carbons (Fsp3) is 0.900. The Morgan fingerprint density at radius 2 is 2.24 bits per heavy atom. The molecule has 0 aromatic carbocycles. The highest BCUT2D eigenvalue weighted by molar-refractivity contribution is 8.00. The van der Waals surface area contributed by atoms with Crippen LogP contribution in [0.1, 0.15) is 13.3 Å². The van der Waals surface area contributed by atoms with Crippen molar-refractivity contribution in [3.05, 3.63) is 0 Å². The predicted octanol–water partition coefficient (Wildman–Crippen LogP) is -0.0679. The van der Waals surface area contributed by atoms with Crippen LogP contribution >= 0.6 is 11.8 Å². The SMILES string of the molecule is CCCNCC(=O)N1CCSCC1S(C)(=O)=O. The van der Waals surface area contributed by atoms with Gasteiger partial charge in [-0.05, 0) is 13.0 Å². The second kappa shape index (κ2) is 6.61. The van der Waals surface area contributed by atoms with Crippen LogP contribution in [-0.2, 0) is 14.6 Å². The first kappa shape index (κ1) is 14.8. The van der Waals surface area contributed by atoms with Crippen LogP contribution in [0.4, 0.5) is 0 Å². The van der Waals surface area contributed by atoms with Crippen LogP contribution in [0.25, 0.3) is 0 Å². The third-order valence-corrected chi connectivity index (χ3v) is 5.25. The maximum absolute atomic E-state index is 11.9. The van der Waals surface area contributed by atoms with Gasteiger partial charge in [-0.15, -0.1) is 0 Å². The molecule has 100 valence electrons. The molecule has 0 spiro atoms. The topological polar surface area (TPSA) is 66.5 Å². The second-order valence-corrected chi connectivity index (χ2v) is 7.48. The minimum absolute atomic E-state index is 0.117. The van der Waals surface area contributed by atoms with Gasteiger partial charge in [0.05, 0.1) is 6.54 Å². The van der Waals surface area contributed by atoms with Gasteiger partial charge < -0.3 is 10.2 Å². The van der Waals surface area contributed by atoms with Gasteiger partial charge in [0.2, 0.25) is 5.91 Å². The smallest absolute Gasteiger partial charge is 0.237 e. The highest BCUT2D eigenvalue weighted by Crippen LogP contribution is 2.20. The number of amides is 1. The minimum Gasteiger partial charge on any atom is -0.323 e. The molecule has 1 heterocycles. The first-order chi connectivity index (χ1) is 7.96. The van der Waals surface area contributed by atoms with Crippen molar-refractivity contribution in [2.24, 2.45) is 0 Å². The summed E-state index contributed by atoms with van der Waals surface area (Å²) in [4.78, 5) is 13.4. The van der Waals surface area contributed by atoms with E-state index in [1.165, 1.54) is 11.2 Å². The van der Waals surface area contributed by atoms with E-state index >= 15 is 0 Å². The molecule has 0 bridgehead atoms. The molecular formula is C10H20N2O3S2. The molecule has 1 aliphatic rings. The van der Waals surface area contributed by atoms with Crippen molar-refractivity contribution < 1.29 is 13.2 Å². The minimum atomic E-state index is -3.19. The normalized spacial score (nSPS) is 21.5. The number of carbonyl (C=O) groups is 1. The Morgan fingerprint density at radius 1 is 1.53 bits per heavy atom. The van der Waals surface area contributed by atoms with Crippen LogP contribution in [0.5, 0.6) is 0 Å². The van der Waals surface area contributed by atoms with Crippen molar-refractivity contribution in [2.45, 2.75) is 18.7 Å². The van der Waals surface area contributed by atoms with Gasteiger partial charge in [0.25, 0.3) is 0 Å². The van der Waals surface area contributed by atoms with Gasteiger partial charge in [0, 0.05) is 24.3 Å². The van der Waals surface area contributed by atoms with Gasteiger partial charge in [0.15, 0.2) is 9.84 Å². The zero-order chi connectivity index (χ0) is 12.9. The van der Waals surface area contributed by atoms with Crippen LogP contribution in [0.3, 0.4) is 0 Å². The van der Waals surface area contributed by atoms with Crippen molar-refractivity contribution in [3.63, 3.8) is 0 Å². The Hall–Kier alpha value is -0.270. The first-order valence-corrected chi connectivity index (χ1v) is 8.84. The van der Waals surface area contributed by atoms with Gasteiger partial charge in [-0.1, -0.05) is 6.92 Å². The van der Waals surface area contributed by atoms with E-state index in [1.54, 1.807) is 11.8 Å². The second-order valence-electron chi connectivity index (χ2n) is 4.12. The van der Waals surface area contributed by atoms with Crippen molar-refractivity contribution >= 4 is 27.5 Å². The van der Waals surface area contributed by atoms with Crippen LogP contribution < -0.4 is 5.32 Å². The number of sulfone groups is 1. The van der Waals surface area contributed by atoms with Crippen LogP contribution in [0.2, 0.25) is 0 Å². The average molecular weight is 280 g/mol. The van der Waals surface area contributed by atoms with Crippen molar-refractivity contribution in [2.75, 3.05) is 37.4 Å².